The lowest BCUT2D eigenvalue weighted by Crippen LogP contribution is -2.39. The van der Waals surface area contributed by atoms with E-state index in [1.54, 1.807) is 6.20 Å². The van der Waals surface area contributed by atoms with Gasteiger partial charge in [0.05, 0.1) is 17.8 Å². The SMILES string of the molecule is Cl.Cl.Clc1cnn(CCN2CCC3(CCNCC3)C2)c1. The molecule has 2 fully saturated rings. The molecule has 1 aromatic rings. The van der Waals surface area contributed by atoms with Crippen molar-refractivity contribution >= 4 is 36.4 Å². The van der Waals surface area contributed by atoms with Crippen LogP contribution in [0.15, 0.2) is 12.4 Å². The summed E-state index contributed by atoms with van der Waals surface area (Å²) in [5.74, 6) is 0. The van der Waals surface area contributed by atoms with Gasteiger partial charge in [0.25, 0.3) is 0 Å². The molecule has 20 heavy (non-hydrogen) atoms. The molecule has 4 nitrogen and oxygen atoms in total. The van der Waals surface area contributed by atoms with E-state index in [0.717, 1.165) is 18.1 Å². The number of hydrogen-bond acceptors (Lipinski definition) is 3. The fraction of sp³-hybridized carbons (Fsp3) is 0.769. The zero-order chi connectivity index (χ0) is 12.4. The highest BCUT2D eigenvalue weighted by Crippen LogP contribution is 2.38. The van der Waals surface area contributed by atoms with Crippen molar-refractivity contribution in [1.82, 2.24) is 20.0 Å². The molecule has 3 rings (SSSR count). The van der Waals surface area contributed by atoms with Crippen LogP contribution in [-0.2, 0) is 6.54 Å². The first kappa shape index (κ1) is 18.1. The van der Waals surface area contributed by atoms with Crippen molar-refractivity contribution in [3.63, 3.8) is 0 Å². The lowest BCUT2D eigenvalue weighted by Gasteiger charge is -2.33. The van der Waals surface area contributed by atoms with Crippen molar-refractivity contribution in [3.8, 4) is 0 Å². The Bertz CT molecular complexity index is 404. The van der Waals surface area contributed by atoms with Crippen molar-refractivity contribution in [1.29, 1.82) is 0 Å². The van der Waals surface area contributed by atoms with Gasteiger partial charge < -0.3 is 10.2 Å². The van der Waals surface area contributed by atoms with Crippen molar-refractivity contribution in [2.24, 2.45) is 5.41 Å². The Kier molecular flexibility index (Phi) is 7.09. The summed E-state index contributed by atoms with van der Waals surface area (Å²) in [7, 11) is 0. The summed E-state index contributed by atoms with van der Waals surface area (Å²) in [4.78, 5) is 2.58. The fourth-order valence-corrected chi connectivity index (χ4v) is 3.44. The summed E-state index contributed by atoms with van der Waals surface area (Å²) in [5.41, 5.74) is 0.604. The van der Waals surface area contributed by atoms with E-state index in [2.05, 4.69) is 15.3 Å². The molecule has 1 spiro atoms. The van der Waals surface area contributed by atoms with Gasteiger partial charge >= 0.3 is 0 Å². The number of hydrogen-bond donors (Lipinski definition) is 1. The molecule has 0 unspecified atom stereocenters. The Morgan fingerprint density at radius 3 is 2.60 bits per heavy atom. The van der Waals surface area contributed by atoms with Gasteiger partial charge in [-0.25, -0.2) is 0 Å². The molecule has 0 atom stereocenters. The van der Waals surface area contributed by atoms with Crippen LogP contribution in [-0.4, -0.2) is 47.4 Å². The second-order valence-electron chi connectivity index (χ2n) is 5.70. The number of nitrogens with one attached hydrogen (secondary N) is 1. The molecule has 3 heterocycles. The minimum Gasteiger partial charge on any atom is -0.317 e. The van der Waals surface area contributed by atoms with Gasteiger partial charge in [-0.05, 0) is 44.3 Å². The smallest absolute Gasteiger partial charge is 0.0785 e. The van der Waals surface area contributed by atoms with Crippen LogP contribution in [0.25, 0.3) is 0 Å². The molecule has 0 saturated carbocycles. The maximum absolute atomic E-state index is 5.87. The van der Waals surface area contributed by atoms with Crippen molar-refractivity contribution in [3.05, 3.63) is 17.4 Å². The summed E-state index contributed by atoms with van der Waals surface area (Å²) in [6, 6.07) is 0. The van der Waals surface area contributed by atoms with Crippen LogP contribution in [0.2, 0.25) is 5.02 Å². The molecule has 0 aliphatic carbocycles. The van der Waals surface area contributed by atoms with Gasteiger partial charge in [-0.3, -0.25) is 4.68 Å². The molecule has 2 aliphatic heterocycles. The molecule has 0 bridgehead atoms. The first-order valence-electron chi connectivity index (χ1n) is 6.87. The predicted octanol–water partition coefficient (Wildman–Crippen LogP) is 2.46. The van der Waals surface area contributed by atoms with Crippen LogP contribution >= 0.6 is 36.4 Å². The number of rotatable bonds is 3. The van der Waals surface area contributed by atoms with Crippen LogP contribution < -0.4 is 5.32 Å². The molecule has 2 aliphatic rings. The third-order valence-electron chi connectivity index (χ3n) is 4.43. The predicted molar refractivity (Wildman–Crippen MR) is 87.3 cm³/mol. The lowest BCUT2D eigenvalue weighted by atomic mass is 9.78. The summed E-state index contributed by atoms with van der Waals surface area (Å²) >= 11 is 5.87. The normalized spacial score (nSPS) is 21.4. The standard InChI is InChI=1S/C13H21ClN4.2ClH/c14-12-9-16-18(10-12)8-7-17-6-3-13(11-17)1-4-15-5-2-13;;/h9-10,15H,1-8,11H2;2*1H. The third-order valence-corrected chi connectivity index (χ3v) is 4.62. The van der Waals surface area contributed by atoms with Gasteiger partial charge in [0.2, 0.25) is 0 Å². The second kappa shape index (κ2) is 7.85. The van der Waals surface area contributed by atoms with Crippen molar-refractivity contribution in [2.45, 2.75) is 25.8 Å². The second-order valence-corrected chi connectivity index (χ2v) is 6.13. The highest BCUT2D eigenvalue weighted by atomic mass is 35.5. The van der Waals surface area contributed by atoms with Crippen LogP contribution in [0.3, 0.4) is 0 Å². The Balaban J connectivity index is 0.000001000. The maximum atomic E-state index is 5.87. The van der Waals surface area contributed by atoms with Gasteiger partial charge in [-0.15, -0.1) is 24.8 Å². The molecule has 7 heteroatoms. The van der Waals surface area contributed by atoms with Crippen molar-refractivity contribution < 1.29 is 0 Å². The van der Waals surface area contributed by atoms with E-state index in [1.807, 2.05) is 10.9 Å². The molecule has 0 aromatic carbocycles. The Morgan fingerprint density at radius 1 is 1.20 bits per heavy atom. The Labute approximate surface area is 138 Å². The number of likely N-dealkylation sites (tertiary alicyclic amines) is 1. The quantitative estimate of drug-likeness (QED) is 0.917. The van der Waals surface area contributed by atoms with E-state index in [1.165, 1.54) is 45.4 Å². The van der Waals surface area contributed by atoms with Gasteiger partial charge in [0.1, 0.15) is 0 Å². The highest BCUT2D eigenvalue weighted by molar-refractivity contribution is 6.30. The van der Waals surface area contributed by atoms with E-state index in [-0.39, 0.29) is 24.8 Å². The van der Waals surface area contributed by atoms with Gasteiger partial charge in [-0.2, -0.15) is 5.10 Å². The maximum Gasteiger partial charge on any atom is 0.0785 e. The minimum absolute atomic E-state index is 0. The highest BCUT2D eigenvalue weighted by Gasteiger charge is 2.38. The number of piperidine rings is 1. The average Bonchev–Trinajstić information content (AvgIpc) is 2.96. The Hall–Kier alpha value is -0.000000000000000167. The van der Waals surface area contributed by atoms with E-state index in [0.29, 0.717) is 5.41 Å². The topological polar surface area (TPSA) is 33.1 Å². The largest absolute Gasteiger partial charge is 0.317 e. The van der Waals surface area contributed by atoms with Gasteiger partial charge in [0.15, 0.2) is 0 Å². The first-order valence-corrected chi connectivity index (χ1v) is 7.25. The van der Waals surface area contributed by atoms with Crippen LogP contribution in [0.4, 0.5) is 0 Å². The molecule has 1 N–H and O–H groups in total. The van der Waals surface area contributed by atoms with Crippen LogP contribution in [0.5, 0.6) is 0 Å². The first-order chi connectivity index (χ1) is 8.76. The summed E-state index contributed by atoms with van der Waals surface area (Å²) in [6.45, 7) is 6.94. The van der Waals surface area contributed by atoms with Crippen LogP contribution in [0.1, 0.15) is 19.3 Å². The van der Waals surface area contributed by atoms with E-state index < -0.39 is 0 Å². The molecule has 116 valence electrons. The molecule has 1 aromatic heterocycles. The minimum atomic E-state index is 0. The molecule has 2 saturated heterocycles. The summed E-state index contributed by atoms with van der Waals surface area (Å²) in [6.07, 6.45) is 7.67. The zero-order valence-electron chi connectivity index (χ0n) is 11.6. The zero-order valence-corrected chi connectivity index (χ0v) is 13.9. The number of nitrogens with zero attached hydrogens (tertiary/aromatic N) is 3. The van der Waals surface area contributed by atoms with Gasteiger partial charge in [-0.1, -0.05) is 11.6 Å². The monoisotopic (exact) mass is 340 g/mol. The average molecular weight is 342 g/mol. The van der Waals surface area contributed by atoms with Crippen LogP contribution in [0, 0.1) is 5.41 Å². The summed E-state index contributed by atoms with van der Waals surface area (Å²) in [5, 5.41) is 8.42. The van der Waals surface area contributed by atoms with E-state index >= 15 is 0 Å². The summed E-state index contributed by atoms with van der Waals surface area (Å²) < 4.78 is 1.94. The number of halogens is 3. The lowest BCUT2D eigenvalue weighted by molar-refractivity contribution is 0.193. The molecule has 0 radical (unpaired) electrons. The molecular weight excluding hydrogens is 319 g/mol. The molecular formula is C13H23Cl3N4. The van der Waals surface area contributed by atoms with E-state index in [9.17, 15) is 0 Å². The van der Waals surface area contributed by atoms with E-state index in [4.69, 9.17) is 11.6 Å². The molecule has 0 amide bonds. The third kappa shape index (κ3) is 4.25. The van der Waals surface area contributed by atoms with Gasteiger partial charge in [0, 0.05) is 19.3 Å². The van der Waals surface area contributed by atoms with Crippen molar-refractivity contribution in [2.75, 3.05) is 32.7 Å². The fourth-order valence-electron chi connectivity index (χ4n) is 3.29. The number of aromatic nitrogens is 2. The Morgan fingerprint density at radius 2 is 1.95 bits per heavy atom.